The maximum Gasteiger partial charge on any atom is 0.237 e. The van der Waals surface area contributed by atoms with Crippen LogP contribution in [0, 0.1) is 0 Å². The van der Waals surface area contributed by atoms with E-state index in [1.807, 2.05) is 29.4 Å². The normalized spacial score (nSPS) is 14.7. The lowest BCUT2D eigenvalue weighted by molar-refractivity contribution is -0.116. The zero-order valence-corrected chi connectivity index (χ0v) is 10.7. The fourth-order valence-corrected chi connectivity index (χ4v) is 3.07. The van der Waals surface area contributed by atoms with E-state index in [0.29, 0.717) is 11.4 Å². The lowest BCUT2D eigenvalue weighted by Gasteiger charge is -2.29. The van der Waals surface area contributed by atoms with Crippen LogP contribution in [0.25, 0.3) is 0 Å². The molecule has 1 heterocycles. The molecule has 0 unspecified atom stereocenters. The Labute approximate surface area is 104 Å². The molecule has 0 saturated heterocycles. The third-order valence-corrected chi connectivity index (χ3v) is 3.99. The van der Waals surface area contributed by atoms with Crippen LogP contribution in [0.2, 0.25) is 0 Å². The van der Waals surface area contributed by atoms with Crippen molar-refractivity contribution < 1.29 is 4.79 Å². The number of amides is 1. The first kappa shape index (κ1) is 11.7. The van der Waals surface area contributed by atoms with Gasteiger partial charge in [-0.1, -0.05) is 0 Å². The van der Waals surface area contributed by atoms with Crippen molar-refractivity contribution in [2.24, 2.45) is 0 Å². The number of hydrogen-bond acceptors (Lipinski definition) is 4. The molecule has 2 N–H and O–H groups in total. The standard InChI is InChI=1S/C11H14N2OS2/c1-15-7-11(14)13-4-5-16-10-3-2-8(12)6-9(10)13/h2-3,6H,4-5,7,12H2,1H3. The summed E-state index contributed by atoms with van der Waals surface area (Å²) in [7, 11) is 0. The number of anilines is 2. The van der Waals surface area contributed by atoms with Gasteiger partial charge in [0.1, 0.15) is 0 Å². The molecule has 1 aliphatic heterocycles. The van der Waals surface area contributed by atoms with E-state index >= 15 is 0 Å². The molecule has 3 nitrogen and oxygen atoms in total. The number of nitrogens with two attached hydrogens (primary N) is 1. The average molecular weight is 254 g/mol. The Hall–Kier alpha value is -0.810. The van der Waals surface area contributed by atoms with E-state index in [9.17, 15) is 4.79 Å². The summed E-state index contributed by atoms with van der Waals surface area (Å²) in [4.78, 5) is 14.9. The van der Waals surface area contributed by atoms with Crippen LogP contribution in [0.1, 0.15) is 0 Å². The van der Waals surface area contributed by atoms with Crippen molar-refractivity contribution in [1.29, 1.82) is 0 Å². The Morgan fingerprint density at radius 3 is 3.19 bits per heavy atom. The lowest BCUT2D eigenvalue weighted by atomic mass is 10.2. The van der Waals surface area contributed by atoms with Crippen molar-refractivity contribution >= 4 is 40.8 Å². The van der Waals surface area contributed by atoms with Gasteiger partial charge in [-0.15, -0.1) is 11.8 Å². The van der Waals surface area contributed by atoms with Crippen molar-refractivity contribution in [1.82, 2.24) is 0 Å². The van der Waals surface area contributed by atoms with Crippen LogP contribution in [-0.2, 0) is 4.79 Å². The molecule has 1 aromatic rings. The van der Waals surface area contributed by atoms with Crippen LogP contribution in [0.3, 0.4) is 0 Å². The van der Waals surface area contributed by atoms with Gasteiger partial charge in [0.05, 0.1) is 11.4 Å². The molecule has 0 spiro atoms. The Bertz CT molecular complexity index is 409. The molecule has 16 heavy (non-hydrogen) atoms. The maximum atomic E-state index is 11.9. The molecule has 1 amide bonds. The van der Waals surface area contributed by atoms with Gasteiger partial charge in [-0.25, -0.2) is 0 Å². The smallest absolute Gasteiger partial charge is 0.237 e. The third-order valence-electron chi connectivity index (χ3n) is 2.42. The van der Waals surface area contributed by atoms with E-state index in [2.05, 4.69) is 0 Å². The number of nitrogens with zero attached hydrogens (tertiary/aromatic N) is 1. The highest BCUT2D eigenvalue weighted by Gasteiger charge is 2.22. The summed E-state index contributed by atoms with van der Waals surface area (Å²) in [5.41, 5.74) is 7.44. The molecule has 2 rings (SSSR count). The Morgan fingerprint density at radius 2 is 2.44 bits per heavy atom. The first-order valence-corrected chi connectivity index (χ1v) is 7.42. The number of rotatable bonds is 2. The number of fused-ring (bicyclic) bond motifs is 1. The van der Waals surface area contributed by atoms with Crippen LogP contribution in [0.5, 0.6) is 0 Å². The molecular weight excluding hydrogens is 240 g/mol. The van der Waals surface area contributed by atoms with Crippen LogP contribution in [-0.4, -0.2) is 30.2 Å². The largest absolute Gasteiger partial charge is 0.399 e. The van der Waals surface area contributed by atoms with Crippen LogP contribution in [0.4, 0.5) is 11.4 Å². The zero-order chi connectivity index (χ0) is 11.5. The molecule has 0 fully saturated rings. The molecule has 1 aliphatic rings. The summed E-state index contributed by atoms with van der Waals surface area (Å²) in [5.74, 6) is 1.65. The van der Waals surface area contributed by atoms with Crippen molar-refractivity contribution in [3.63, 3.8) is 0 Å². The number of benzene rings is 1. The van der Waals surface area contributed by atoms with Gasteiger partial charge in [0.15, 0.2) is 0 Å². The van der Waals surface area contributed by atoms with E-state index in [4.69, 9.17) is 5.73 Å². The molecule has 0 aromatic heterocycles. The number of hydrogen-bond donors (Lipinski definition) is 1. The van der Waals surface area contributed by atoms with E-state index in [0.717, 1.165) is 22.9 Å². The van der Waals surface area contributed by atoms with Gasteiger partial charge >= 0.3 is 0 Å². The Balaban J connectivity index is 2.31. The zero-order valence-electron chi connectivity index (χ0n) is 9.10. The molecule has 5 heteroatoms. The number of carbonyl (C=O) groups excluding carboxylic acids is 1. The highest BCUT2D eigenvalue weighted by molar-refractivity contribution is 7.99. The summed E-state index contributed by atoms with van der Waals surface area (Å²) in [6.45, 7) is 0.778. The van der Waals surface area contributed by atoms with E-state index in [-0.39, 0.29) is 5.91 Å². The van der Waals surface area contributed by atoms with E-state index in [1.165, 1.54) is 0 Å². The van der Waals surface area contributed by atoms with E-state index < -0.39 is 0 Å². The predicted octanol–water partition coefficient (Wildman–Crippen LogP) is 2.07. The number of nitrogen functional groups attached to an aromatic ring is 1. The fraction of sp³-hybridized carbons (Fsp3) is 0.364. The monoisotopic (exact) mass is 254 g/mol. The Kier molecular flexibility index (Phi) is 3.66. The van der Waals surface area contributed by atoms with Gasteiger partial charge in [0, 0.05) is 22.9 Å². The minimum absolute atomic E-state index is 0.166. The molecule has 86 valence electrons. The van der Waals surface area contributed by atoms with Crippen LogP contribution >= 0.6 is 23.5 Å². The van der Waals surface area contributed by atoms with Crippen LogP contribution < -0.4 is 10.6 Å². The summed E-state index contributed by atoms with van der Waals surface area (Å²) < 4.78 is 0. The van der Waals surface area contributed by atoms with Gasteiger partial charge in [0.25, 0.3) is 0 Å². The third kappa shape index (κ3) is 2.30. The second-order valence-corrected chi connectivity index (χ2v) is 5.56. The first-order chi connectivity index (χ1) is 7.72. The summed E-state index contributed by atoms with van der Waals surface area (Å²) in [6, 6.07) is 5.77. The van der Waals surface area contributed by atoms with Crippen molar-refractivity contribution in [3.05, 3.63) is 18.2 Å². The molecule has 0 saturated carbocycles. The quantitative estimate of drug-likeness (QED) is 0.821. The molecular formula is C11H14N2OS2. The average Bonchev–Trinajstić information content (AvgIpc) is 2.28. The summed E-state index contributed by atoms with van der Waals surface area (Å²) in [5, 5.41) is 0. The molecule has 0 atom stereocenters. The van der Waals surface area contributed by atoms with Gasteiger partial charge in [-0.3, -0.25) is 4.79 Å². The topological polar surface area (TPSA) is 46.3 Å². The van der Waals surface area contributed by atoms with Gasteiger partial charge in [-0.2, -0.15) is 11.8 Å². The lowest BCUT2D eigenvalue weighted by Crippen LogP contribution is -2.36. The maximum absolute atomic E-state index is 11.9. The van der Waals surface area contributed by atoms with Gasteiger partial charge in [-0.05, 0) is 24.5 Å². The minimum Gasteiger partial charge on any atom is -0.399 e. The molecule has 1 aromatic carbocycles. The highest BCUT2D eigenvalue weighted by Crippen LogP contribution is 2.36. The molecule has 0 bridgehead atoms. The van der Waals surface area contributed by atoms with Crippen LogP contribution in [0.15, 0.2) is 23.1 Å². The van der Waals surface area contributed by atoms with Crippen molar-refractivity contribution in [2.45, 2.75) is 4.90 Å². The minimum atomic E-state index is 0.166. The van der Waals surface area contributed by atoms with Gasteiger partial charge in [0.2, 0.25) is 5.91 Å². The Morgan fingerprint density at radius 1 is 1.62 bits per heavy atom. The number of carbonyl (C=O) groups is 1. The molecule has 0 aliphatic carbocycles. The van der Waals surface area contributed by atoms with Crippen molar-refractivity contribution in [2.75, 3.05) is 34.9 Å². The number of thioether (sulfide) groups is 2. The first-order valence-electron chi connectivity index (χ1n) is 5.04. The van der Waals surface area contributed by atoms with E-state index in [1.54, 1.807) is 23.5 Å². The predicted molar refractivity (Wildman–Crippen MR) is 72.3 cm³/mol. The van der Waals surface area contributed by atoms with Gasteiger partial charge < -0.3 is 10.6 Å². The summed E-state index contributed by atoms with van der Waals surface area (Å²) >= 11 is 3.33. The second kappa shape index (κ2) is 5.01. The molecule has 0 radical (unpaired) electrons. The summed E-state index contributed by atoms with van der Waals surface area (Å²) in [6.07, 6.45) is 1.94. The highest BCUT2D eigenvalue weighted by atomic mass is 32.2. The SMILES string of the molecule is CSCC(=O)N1CCSc2ccc(N)cc21. The van der Waals surface area contributed by atoms with Crippen molar-refractivity contribution in [3.8, 4) is 0 Å². The fourth-order valence-electron chi connectivity index (χ4n) is 1.70. The second-order valence-electron chi connectivity index (χ2n) is 3.55.